The molecule has 90 valence electrons. The summed E-state index contributed by atoms with van der Waals surface area (Å²) in [4.78, 5) is 0. The third-order valence-electron chi connectivity index (χ3n) is 3.18. The van der Waals surface area contributed by atoms with Gasteiger partial charge in [-0.05, 0) is 19.3 Å². The summed E-state index contributed by atoms with van der Waals surface area (Å²) in [7, 11) is 0. The lowest BCUT2D eigenvalue weighted by atomic mass is 10.2. The van der Waals surface area contributed by atoms with E-state index in [-0.39, 0.29) is 0 Å². The minimum Gasteiger partial charge on any atom is -0.380 e. The van der Waals surface area contributed by atoms with Crippen LogP contribution in [0.3, 0.4) is 0 Å². The first-order chi connectivity index (χ1) is 7.43. The van der Waals surface area contributed by atoms with Crippen molar-refractivity contribution in [2.45, 2.75) is 64.3 Å². The zero-order valence-corrected chi connectivity index (χ0v) is 10.3. The Hall–Kier alpha value is -0.0800. The summed E-state index contributed by atoms with van der Waals surface area (Å²) in [5, 5.41) is 3.56. The van der Waals surface area contributed by atoms with Crippen molar-refractivity contribution in [3.8, 4) is 0 Å². The molecule has 1 aliphatic rings. The molecular weight excluding hydrogens is 186 g/mol. The molecule has 0 unspecified atom stereocenters. The van der Waals surface area contributed by atoms with E-state index in [9.17, 15) is 0 Å². The number of nitrogens with one attached hydrogen (secondary N) is 1. The Kier molecular flexibility index (Phi) is 7.94. The van der Waals surface area contributed by atoms with Crippen LogP contribution in [0.25, 0.3) is 0 Å². The van der Waals surface area contributed by atoms with Crippen molar-refractivity contribution >= 4 is 0 Å². The van der Waals surface area contributed by atoms with Crippen LogP contribution in [0.1, 0.15) is 58.3 Å². The molecule has 0 aromatic heterocycles. The molecule has 0 radical (unpaired) electrons. The van der Waals surface area contributed by atoms with Crippen LogP contribution >= 0.6 is 0 Å². The van der Waals surface area contributed by atoms with Crippen molar-refractivity contribution in [3.63, 3.8) is 0 Å². The zero-order chi connectivity index (χ0) is 10.8. The Morgan fingerprint density at radius 1 is 1.07 bits per heavy atom. The van der Waals surface area contributed by atoms with E-state index < -0.39 is 0 Å². The minimum atomic E-state index is 0.786. The Labute approximate surface area is 94.8 Å². The van der Waals surface area contributed by atoms with Gasteiger partial charge in [0, 0.05) is 19.2 Å². The van der Waals surface area contributed by atoms with Crippen LogP contribution in [0.5, 0.6) is 0 Å². The van der Waals surface area contributed by atoms with Gasteiger partial charge in [-0.1, -0.05) is 39.0 Å². The Balaban J connectivity index is 1.73. The van der Waals surface area contributed by atoms with Gasteiger partial charge in [0.25, 0.3) is 0 Å². The molecule has 0 aromatic carbocycles. The van der Waals surface area contributed by atoms with Crippen molar-refractivity contribution in [1.82, 2.24) is 5.32 Å². The number of hydrogen-bond acceptors (Lipinski definition) is 2. The summed E-state index contributed by atoms with van der Waals surface area (Å²) in [5.74, 6) is 0. The average molecular weight is 213 g/mol. The van der Waals surface area contributed by atoms with Gasteiger partial charge < -0.3 is 10.1 Å². The lowest BCUT2D eigenvalue weighted by Crippen LogP contribution is -2.29. The topological polar surface area (TPSA) is 21.3 Å². The van der Waals surface area contributed by atoms with E-state index in [0.717, 1.165) is 25.8 Å². The van der Waals surface area contributed by atoms with Gasteiger partial charge in [0.2, 0.25) is 0 Å². The standard InChI is InChI=1S/C13H27NO/c1-2-3-4-7-11-15-12-10-14-13-8-5-6-9-13/h13-14H,2-12H2,1H3. The highest BCUT2D eigenvalue weighted by Crippen LogP contribution is 2.17. The molecule has 1 fully saturated rings. The largest absolute Gasteiger partial charge is 0.380 e. The summed E-state index contributed by atoms with van der Waals surface area (Å²) in [6.07, 6.45) is 10.8. The molecule has 1 N–H and O–H groups in total. The normalized spacial score (nSPS) is 17.4. The molecule has 1 rings (SSSR count). The first kappa shape index (κ1) is 13.0. The molecule has 1 aliphatic carbocycles. The highest BCUT2D eigenvalue weighted by Gasteiger charge is 2.12. The second-order valence-corrected chi connectivity index (χ2v) is 4.61. The van der Waals surface area contributed by atoms with E-state index in [2.05, 4.69) is 12.2 Å². The van der Waals surface area contributed by atoms with Crippen LogP contribution in [0, 0.1) is 0 Å². The molecule has 0 amide bonds. The first-order valence-corrected chi connectivity index (χ1v) is 6.74. The predicted molar refractivity (Wildman–Crippen MR) is 65.2 cm³/mol. The van der Waals surface area contributed by atoms with Crippen LogP contribution in [0.2, 0.25) is 0 Å². The van der Waals surface area contributed by atoms with Gasteiger partial charge in [0.1, 0.15) is 0 Å². The maximum Gasteiger partial charge on any atom is 0.0590 e. The lowest BCUT2D eigenvalue weighted by molar-refractivity contribution is 0.129. The van der Waals surface area contributed by atoms with Crippen LogP contribution in [0.15, 0.2) is 0 Å². The van der Waals surface area contributed by atoms with E-state index in [1.165, 1.54) is 51.4 Å². The van der Waals surface area contributed by atoms with E-state index in [4.69, 9.17) is 4.74 Å². The maximum absolute atomic E-state index is 5.58. The van der Waals surface area contributed by atoms with Crippen molar-refractivity contribution < 1.29 is 4.74 Å². The SMILES string of the molecule is CCCCCCOCCNC1CCCC1. The molecule has 0 atom stereocenters. The third-order valence-corrected chi connectivity index (χ3v) is 3.18. The Morgan fingerprint density at radius 2 is 1.87 bits per heavy atom. The molecule has 2 nitrogen and oxygen atoms in total. The van der Waals surface area contributed by atoms with Crippen LogP contribution in [-0.2, 0) is 4.74 Å². The number of rotatable bonds is 9. The fraction of sp³-hybridized carbons (Fsp3) is 1.00. The molecule has 0 aliphatic heterocycles. The van der Waals surface area contributed by atoms with Crippen LogP contribution < -0.4 is 5.32 Å². The average Bonchev–Trinajstić information content (AvgIpc) is 2.75. The highest BCUT2D eigenvalue weighted by atomic mass is 16.5. The summed E-state index contributed by atoms with van der Waals surface area (Å²) in [6.45, 7) is 5.12. The molecule has 2 heteroatoms. The summed E-state index contributed by atoms with van der Waals surface area (Å²) < 4.78 is 5.58. The summed E-state index contributed by atoms with van der Waals surface area (Å²) >= 11 is 0. The highest BCUT2D eigenvalue weighted by molar-refractivity contribution is 4.72. The van der Waals surface area contributed by atoms with Gasteiger partial charge in [0.05, 0.1) is 6.61 Å². The van der Waals surface area contributed by atoms with E-state index in [1.54, 1.807) is 0 Å². The molecule has 0 saturated heterocycles. The molecule has 1 saturated carbocycles. The zero-order valence-electron chi connectivity index (χ0n) is 10.3. The van der Waals surface area contributed by atoms with Crippen molar-refractivity contribution in [2.75, 3.05) is 19.8 Å². The van der Waals surface area contributed by atoms with Gasteiger partial charge >= 0.3 is 0 Å². The second-order valence-electron chi connectivity index (χ2n) is 4.61. The first-order valence-electron chi connectivity index (χ1n) is 6.74. The fourth-order valence-corrected chi connectivity index (χ4v) is 2.20. The van der Waals surface area contributed by atoms with Gasteiger partial charge in [-0.15, -0.1) is 0 Å². The predicted octanol–water partition coefficient (Wildman–Crippen LogP) is 3.12. The maximum atomic E-state index is 5.58. The van der Waals surface area contributed by atoms with Crippen LogP contribution in [-0.4, -0.2) is 25.8 Å². The molecule has 0 bridgehead atoms. The summed E-state index contributed by atoms with van der Waals surface area (Å²) in [5.41, 5.74) is 0. The van der Waals surface area contributed by atoms with Gasteiger partial charge in [-0.3, -0.25) is 0 Å². The van der Waals surface area contributed by atoms with Crippen molar-refractivity contribution in [3.05, 3.63) is 0 Å². The molecule has 0 aromatic rings. The smallest absolute Gasteiger partial charge is 0.0590 e. The van der Waals surface area contributed by atoms with E-state index >= 15 is 0 Å². The Morgan fingerprint density at radius 3 is 2.60 bits per heavy atom. The minimum absolute atomic E-state index is 0.786. The van der Waals surface area contributed by atoms with Crippen molar-refractivity contribution in [2.24, 2.45) is 0 Å². The molecule has 15 heavy (non-hydrogen) atoms. The number of hydrogen-bond donors (Lipinski definition) is 1. The van der Waals surface area contributed by atoms with E-state index in [1.807, 2.05) is 0 Å². The molecule has 0 heterocycles. The summed E-state index contributed by atoms with van der Waals surface area (Å²) in [6, 6.07) is 0.786. The van der Waals surface area contributed by atoms with Crippen molar-refractivity contribution in [1.29, 1.82) is 0 Å². The quantitative estimate of drug-likeness (QED) is 0.594. The number of unbranched alkanes of at least 4 members (excludes halogenated alkanes) is 3. The third kappa shape index (κ3) is 6.91. The van der Waals surface area contributed by atoms with Gasteiger partial charge in [0.15, 0.2) is 0 Å². The second kappa shape index (κ2) is 9.17. The number of ether oxygens (including phenoxy) is 1. The monoisotopic (exact) mass is 213 g/mol. The molecule has 0 spiro atoms. The Bertz CT molecular complexity index is 132. The van der Waals surface area contributed by atoms with Crippen LogP contribution in [0.4, 0.5) is 0 Å². The van der Waals surface area contributed by atoms with Gasteiger partial charge in [-0.25, -0.2) is 0 Å². The van der Waals surface area contributed by atoms with Gasteiger partial charge in [-0.2, -0.15) is 0 Å². The molecular formula is C13H27NO. The fourth-order valence-electron chi connectivity index (χ4n) is 2.20. The van der Waals surface area contributed by atoms with E-state index in [0.29, 0.717) is 0 Å². The lowest BCUT2D eigenvalue weighted by Gasteiger charge is -2.11.